The highest BCUT2D eigenvalue weighted by Crippen LogP contribution is 2.26. The summed E-state index contributed by atoms with van der Waals surface area (Å²) in [4.78, 5) is 12.7. The van der Waals surface area contributed by atoms with Gasteiger partial charge in [0.1, 0.15) is 0 Å². The maximum absolute atomic E-state index is 10.5. The highest BCUT2D eigenvalue weighted by atomic mass is 16.4. The van der Waals surface area contributed by atoms with E-state index in [1.165, 1.54) is 19.3 Å². The third-order valence-corrected chi connectivity index (χ3v) is 2.84. The number of carboxylic acids is 1. The van der Waals surface area contributed by atoms with E-state index in [0.29, 0.717) is 5.57 Å². The Balaban J connectivity index is 2.22. The molecule has 3 heteroatoms. The number of hydrogen-bond acceptors (Lipinski definition) is 2. The summed E-state index contributed by atoms with van der Waals surface area (Å²) in [5.74, 6) is 0.0283. The zero-order valence-electron chi connectivity index (χ0n) is 8.99. The highest BCUT2D eigenvalue weighted by molar-refractivity contribution is 5.85. The molecular formula is C11H19NO2. The number of likely N-dealkylation sites (N-methyl/N-ethyl adjacent to an activating group) is 1. The van der Waals surface area contributed by atoms with Gasteiger partial charge in [-0.1, -0.05) is 12.5 Å². The maximum Gasteiger partial charge on any atom is 0.330 e. The lowest BCUT2D eigenvalue weighted by Gasteiger charge is -2.29. The number of aliphatic carboxylic acids is 1. The molecule has 1 N–H and O–H groups in total. The van der Waals surface area contributed by atoms with Gasteiger partial charge in [-0.3, -0.25) is 0 Å². The van der Waals surface area contributed by atoms with Crippen LogP contribution in [0, 0.1) is 5.92 Å². The molecule has 0 spiro atoms. The van der Waals surface area contributed by atoms with Gasteiger partial charge in [-0.15, -0.1) is 0 Å². The monoisotopic (exact) mass is 197 g/mol. The summed E-state index contributed by atoms with van der Waals surface area (Å²) < 4.78 is 0. The number of hydrogen-bond donors (Lipinski definition) is 1. The number of rotatable bonds is 5. The lowest BCUT2D eigenvalue weighted by molar-refractivity contribution is -0.132. The minimum atomic E-state index is -0.818. The van der Waals surface area contributed by atoms with Crippen molar-refractivity contribution in [3.63, 3.8) is 0 Å². The molecule has 3 nitrogen and oxygen atoms in total. The van der Waals surface area contributed by atoms with Gasteiger partial charge in [0.2, 0.25) is 0 Å². The third kappa shape index (κ3) is 3.50. The van der Waals surface area contributed by atoms with E-state index in [0.717, 1.165) is 19.0 Å². The standard InChI is InChI=1S/C11H19NO2/c1-9(11(13)14)6-7-12(2)8-10-4-3-5-10/h6,10H,3-5,7-8H2,1-2H3,(H,13,14). The van der Waals surface area contributed by atoms with Gasteiger partial charge in [-0.25, -0.2) is 4.79 Å². The van der Waals surface area contributed by atoms with Crippen LogP contribution >= 0.6 is 0 Å². The Morgan fingerprint density at radius 3 is 2.64 bits per heavy atom. The molecule has 1 fully saturated rings. The fourth-order valence-electron chi connectivity index (χ4n) is 1.57. The molecule has 0 atom stereocenters. The fourth-order valence-corrected chi connectivity index (χ4v) is 1.57. The zero-order chi connectivity index (χ0) is 10.6. The molecule has 0 aromatic rings. The molecule has 14 heavy (non-hydrogen) atoms. The van der Waals surface area contributed by atoms with Crippen molar-refractivity contribution >= 4 is 5.97 Å². The van der Waals surface area contributed by atoms with Crippen molar-refractivity contribution in [2.45, 2.75) is 26.2 Å². The number of carboxylic acid groups (broad SMARTS) is 1. The first-order valence-corrected chi connectivity index (χ1v) is 5.18. The molecule has 0 bridgehead atoms. The molecule has 0 aromatic carbocycles. The molecule has 0 radical (unpaired) electrons. The van der Waals surface area contributed by atoms with E-state index in [9.17, 15) is 4.79 Å². The van der Waals surface area contributed by atoms with Crippen LogP contribution in [-0.4, -0.2) is 36.1 Å². The van der Waals surface area contributed by atoms with Crippen LogP contribution < -0.4 is 0 Å². The van der Waals surface area contributed by atoms with Gasteiger partial charge in [-0.05, 0) is 32.7 Å². The lowest BCUT2D eigenvalue weighted by Crippen LogP contribution is -2.29. The van der Waals surface area contributed by atoms with E-state index >= 15 is 0 Å². The molecule has 1 saturated carbocycles. The maximum atomic E-state index is 10.5. The summed E-state index contributed by atoms with van der Waals surface area (Å²) in [5, 5.41) is 8.65. The molecule has 0 heterocycles. The van der Waals surface area contributed by atoms with Crippen molar-refractivity contribution in [1.29, 1.82) is 0 Å². The molecular weight excluding hydrogens is 178 g/mol. The molecule has 0 amide bonds. The van der Waals surface area contributed by atoms with Crippen molar-refractivity contribution in [2.75, 3.05) is 20.1 Å². The summed E-state index contributed by atoms with van der Waals surface area (Å²) in [6.07, 6.45) is 5.82. The van der Waals surface area contributed by atoms with Crippen molar-refractivity contribution in [2.24, 2.45) is 5.92 Å². The molecule has 1 aliphatic carbocycles. The van der Waals surface area contributed by atoms with Crippen molar-refractivity contribution in [3.05, 3.63) is 11.6 Å². The Morgan fingerprint density at radius 1 is 1.57 bits per heavy atom. The zero-order valence-corrected chi connectivity index (χ0v) is 8.99. The molecule has 0 aliphatic heterocycles. The third-order valence-electron chi connectivity index (χ3n) is 2.84. The van der Waals surface area contributed by atoms with Crippen LogP contribution in [0.2, 0.25) is 0 Å². The summed E-state index contributed by atoms with van der Waals surface area (Å²) in [6.45, 7) is 3.48. The van der Waals surface area contributed by atoms with E-state index in [1.54, 1.807) is 13.0 Å². The van der Waals surface area contributed by atoms with Crippen LogP contribution in [0.4, 0.5) is 0 Å². The summed E-state index contributed by atoms with van der Waals surface area (Å²) >= 11 is 0. The van der Waals surface area contributed by atoms with Gasteiger partial charge in [0.25, 0.3) is 0 Å². The SMILES string of the molecule is CC(=CCN(C)CC1CCC1)C(=O)O. The van der Waals surface area contributed by atoms with Gasteiger partial charge < -0.3 is 10.0 Å². The molecule has 0 saturated heterocycles. The second-order valence-electron chi connectivity index (χ2n) is 4.21. The summed E-state index contributed by atoms with van der Waals surface area (Å²) in [6, 6.07) is 0. The van der Waals surface area contributed by atoms with E-state index in [1.807, 2.05) is 7.05 Å². The quantitative estimate of drug-likeness (QED) is 0.683. The Kier molecular flexibility index (Phi) is 4.14. The molecule has 0 aromatic heterocycles. The van der Waals surface area contributed by atoms with Crippen molar-refractivity contribution in [3.8, 4) is 0 Å². The topological polar surface area (TPSA) is 40.5 Å². The average molecular weight is 197 g/mol. The number of nitrogens with zero attached hydrogens (tertiary/aromatic N) is 1. The average Bonchev–Trinajstić information content (AvgIpc) is 2.07. The first kappa shape index (κ1) is 11.2. The minimum Gasteiger partial charge on any atom is -0.478 e. The van der Waals surface area contributed by atoms with Crippen molar-refractivity contribution in [1.82, 2.24) is 4.90 Å². The Hall–Kier alpha value is -0.830. The predicted octanol–water partition coefficient (Wildman–Crippen LogP) is 1.75. The van der Waals surface area contributed by atoms with Crippen LogP contribution in [0.1, 0.15) is 26.2 Å². The van der Waals surface area contributed by atoms with E-state index < -0.39 is 5.97 Å². The van der Waals surface area contributed by atoms with Crippen LogP contribution in [0.5, 0.6) is 0 Å². The van der Waals surface area contributed by atoms with Crippen LogP contribution in [0.15, 0.2) is 11.6 Å². The van der Waals surface area contributed by atoms with Gasteiger partial charge in [0.05, 0.1) is 0 Å². The molecule has 80 valence electrons. The van der Waals surface area contributed by atoms with Gasteiger partial charge in [0, 0.05) is 18.7 Å². The molecule has 1 rings (SSSR count). The molecule has 0 unspecified atom stereocenters. The minimum absolute atomic E-state index is 0.436. The lowest BCUT2D eigenvalue weighted by atomic mass is 9.85. The summed E-state index contributed by atoms with van der Waals surface area (Å²) in [7, 11) is 2.05. The van der Waals surface area contributed by atoms with Gasteiger partial charge >= 0.3 is 5.97 Å². The van der Waals surface area contributed by atoms with Crippen LogP contribution in [0.25, 0.3) is 0 Å². The van der Waals surface area contributed by atoms with Crippen LogP contribution in [0.3, 0.4) is 0 Å². The smallest absolute Gasteiger partial charge is 0.330 e. The van der Waals surface area contributed by atoms with Crippen molar-refractivity contribution < 1.29 is 9.90 Å². The number of carbonyl (C=O) groups is 1. The van der Waals surface area contributed by atoms with E-state index in [4.69, 9.17) is 5.11 Å². The predicted molar refractivity (Wildman–Crippen MR) is 56.2 cm³/mol. The summed E-state index contributed by atoms with van der Waals surface area (Å²) in [5.41, 5.74) is 0.436. The van der Waals surface area contributed by atoms with E-state index in [-0.39, 0.29) is 0 Å². The van der Waals surface area contributed by atoms with Gasteiger partial charge in [-0.2, -0.15) is 0 Å². The Morgan fingerprint density at radius 2 is 2.21 bits per heavy atom. The fraction of sp³-hybridized carbons (Fsp3) is 0.727. The highest BCUT2D eigenvalue weighted by Gasteiger charge is 2.18. The first-order chi connectivity index (χ1) is 6.59. The first-order valence-electron chi connectivity index (χ1n) is 5.18. The normalized spacial score (nSPS) is 18.4. The second kappa shape index (κ2) is 5.15. The molecule has 1 aliphatic rings. The van der Waals surface area contributed by atoms with Gasteiger partial charge in [0.15, 0.2) is 0 Å². The largest absolute Gasteiger partial charge is 0.478 e. The van der Waals surface area contributed by atoms with E-state index in [2.05, 4.69) is 4.90 Å². The van der Waals surface area contributed by atoms with Crippen LogP contribution in [-0.2, 0) is 4.79 Å². The second-order valence-corrected chi connectivity index (χ2v) is 4.21. The Bertz CT molecular complexity index is 231. The Labute approximate surface area is 85.4 Å².